The Morgan fingerprint density at radius 1 is 1.86 bits per heavy atom. The quantitative estimate of drug-likeness (QED) is 0.508. The second kappa shape index (κ2) is 1.98. The van der Waals surface area contributed by atoms with Gasteiger partial charge in [0.05, 0.1) is 13.7 Å². The standard InChI is InChI=1S/C5H8NO/c1-7-5-2-3-6-4-5/h2,4,6H,3H2,1H3. The van der Waals surface area contributed by atoms with Crippen LogP contribution in [0.4, 0.5) is 0 Å². The fourth-order valence-electron chi connectivity index (χ4n) is 0.520. The summed E-state index contributed by atoms with van der Waals surface area (Å²) < 4.78 is 4.85. The molecule has 2 nitrogen and oxygen atoms in total. The third-order valence-electron chi connectivity index (χ3n) is 0.901. The van der Waals surface area contributed by atoms with Gasteiger partial charge in [0.15, 0.2) is 0 Å². The minimum Gasteiger partial charge on any atom is -0.500 e. The summed E-state index contributed by atoms with van der Waals surface area (Å²) in [5.74, 6) is 0.931. The maximum Gasteiger partial charge on any atom is 0.112 e. The number of methoxy groups -OCH3 is 1. The molecule has 0 fully saturated rings. The summed E-state index contributed by atoms with van der Waals surface area (Å²) in [5.41, 5.74) is 0. The van der Waals surface area contributed by atoms with Crippen LogP contribution in [0, 0.1) is 6.54 Å². The van der Waals surface area contributed by atoms with E-state index in [0.717, 1.165) is 12.3 Å². The molecule has 0 amide bonds. The summed E-state index contributed by atoms with van der Waals surface area (Å²) in [5, 5.41) is 2.98. The fourth-order valence-corrected chi connectivity index (χ4v) is 0.520. The van der Waals surface area contributed by atoms with E-state index in [9.17, 15) is 0 Å². The Morgan fingerprint density at radius 3 is 3.00 bits per heavy atom. The molecule has 0 saturated heterocycles. The molecule has 0 aromatic carbocycles. The third-order valence-corrected chi connectivity index (χ3v) is 0.901. The van der Waals surface area contributed by atoms with E-state index < -0.39 is 0 Å². The molecule has 1 aliphatic heterocycles. The van der Waals surface area contributed by atoms with Crippen molar-refractivity contribution in [2.24, 2.45) is 0 Å². The molecule has 0 aromatic heterocycles. The van der Waals surface area contributed by atoms with Gasteiger partial charge in [0, 0.05) is 6.54 Å². The molecular formula is C5H8NO. The molecule has 0 aromatic rings. The maximum atomic E-state index is 4.85. The van der Waals surface area contributed by atoms with E-state index in [4.69, 9.17) is 4.74 Å². The Kier molecular flexibility index (Phi) is 1.32. The van der Waals surface area contributed by atoms with Gasteiger partial charge in [-0.05, 0) is 6.08 Å². The highest BCUT2D eigenvalue weighted by Crippen LogP contribution is 2.01. The Hall–Kier alpha value is -0.500. The Morgan fingerprint density at radius 2 is 2.71 bits per heavy atom. The van der Waals surface area contributed by atoms with E-state index in [1.54, 1.807) is 7.11 Å². The van der Waals surface area contributed by atoms with Crippen molar-refractivity contribution in [2.45, 2.75) is 0 Å². The summed E-state index contributed by atoms with van der Waals surface area (Å²) in [6.45, 7) is 2.75. The molecule has 1 radical (unpaired) electrons. The van der Waals surface area contributed by atoms with Crippen molar-refractivity contribution in [1.29, 1.82) is 0 Å². The van der Waals surface area contributed by atoms with Crippen molar-refractivity contribution in [3.63, 3.8) is 0 Å². The Balaban J connectivity index is 2.36. The summed E-state index contributed by atoms with van der Waals surface area (Å²) in [4.78, 5) is 0. The van der Waals surface area contributed by atoms with E-state index in [1.165, 1.54) is 0 Å². The van der Waals surface area contributed by atoms with Gasteiger partial charge in [-0.3, -0.25) is 0 Å². The highest BCUT2D eigenvalue weighted by molar-refractivity contribution is 5.11. The number of hydrogen-bond donors (Lipinski definition) is 1. The second-order valence-electron chi connectivity index (χ2n) is 1.36. The van der Waals surface area contributed by atoms with Crippen molar-refractivity contribution in [3.05, 3.63) is 18.4 Å². The van der Waals surface area contributed by atoms with Gasteiger partial charge in [0.25, 0.3) is 0 Å². The third kappa shape index (κ3) is 0.933. The van der Waals surface area contributed by atoms with Crippen LogP contribution in [-0.4, -0.2) is 13.7 Å². The van der Waals surface area contributed by atoms with Gasteiger partial charge in [-0.1, -0.05) is 0 Å². The van der Waals surface area contributed by atoms with Crippen molar-refractivity contribution >= 4 is 0 Å². The zero-order valence-corrected chi connectivity index (χ0v) is 4.27. The molecular weight excluding hydrogens is 90.1 g/mol. The van der Waals surface area contributed by atoms with Crippen molar-refractivity contribution in [3.8, 4) is 0 Å². The summed E-state index contributed by atoms with van der Waals surface area (Å²) in [6, 6.07) is 0. The summed E-state index contributed by atoms with van der Waals surface area (Å²) in [7, 11) is 1.66. The van der Waals surface area contributed by atoms with Crippen LogP contribution in [0.5, 0.6) is 0 Å². The zero-order valence-electron chi connectivity index (χ0n) is 4.27. The van der Waals surface area contributed by atoms with E-state index in [1.807, 2.05) is 12.6 Å². The van der Waals surface area contributed by atoms with Crippen molar-refractivity contribution < 1.29 is 4.74 Å². The van der Waals surface area contributed by atoms with Crippen molar-refractivity contribution in [2.75, 3.05) is 13.7 Å². The molecule has 0 aliphatic carbocycles. The minimum absolute atomic E-state index is 0.906. The monoisotopic (exact) mass is 98.1 g/mol. The normalized spacial score (nSPS) is 19.3. The SMILES string of the molecule is COC1=CCN[CH]1. The van der Waals surface area contributed by atoms with Crippen LogP contribution in [0.2, 0.25) is 0 Å². The molecule has 0 bridgehead atoms. The van der Waals surface area contributed by atoms with Gasteiger partial charge in [-0.15, -0.1) is 0 Å². The van der Waals surface area contributed by atoms with Gasteiger partial charge >= 0.3 is 0 Å². The van der Waals surface area contributed by atoms with E-state index >= 15 is 0 Å². The first kappa shape index (κ1) is 4.65. The lowest BCUT2D eigenvalue weighted by Crippen LogP contribution is -2.01. The topological polar surface area (TPSA) is 21.3 Å². The second-order valence-corrected chi connectivity index (χ2v) is 1.36. The summed E-state index contributed by atoms with van der Waals surface area (Å²) >= 11 is 0. The lowest BCUT2D eigenvalue weighted by atomic mass is 10.5. The first-order valence-electron chi connectivity index (χ1n) is 2.24. The van der Waals surface area contributed by atoms with E-state index in [-0.39, 0.29) is 0 Å². The van der Waals surface area contributed by atoms with Crippen LogP contribution in [0.3, 0.4) is 0 Å². The Labute approximate surface area is 43.2 Å². The van der Waals surface area contributed by atoms with Crippen LogP contribution < -0.4 is 5.32 Å². The molecule has 0 unspecified atom stereocenters. The molecule has 1 N–H and O–H groups in total. The maximum absolute atomic E-state index is 4.85. The zero-order chi connectivity index (χ0) is 5.11. The predicted octanol–water partition coefficient (Wildman–Crippen LogP) is 0.282. The van der Waals surface area contributed by atoms with E-state index in [2.05, 4.69) is 5.32 Å². The van der Waals surface area contributed by atoms with Crippen LogP contribution >= 0.6 is 0 Å². The summed E-state index contributed by atoms with van der Waals surface area (Å²) in [6.07, 6.45) is 1.99. The average Bonchev–Trinajstić information content (AvgIpc) is 2.14. The fraction of sp³-hybridized carbons (Fsp3) is 0.400. The number of nitrogens with one attached hydrogen (secondary N) is 1. The smallest absolute Gasteiger partial charge is 0.112 e. The molecule has 39 valence electrons. The van der Waals surface area contributed by atoms with Gasteiger partial charge in [0.1, 0.15) is 5.76 Å². The molecule has 1 aliphatic rings. The number of ether oxygens (including phenoxy) is 1. The van der Waals surface area contributed by atoms with Gasteiger partial charge < -0.3 is 10.1 Å². The lowest BCUT2D eigenvalue weighted by Gasteiger charge is -1.93. The molecule has 0 spiro atoms. The molecule has 1 rings (SSSR count). The van der Waals surface area contributed by atoms with Crippen LogP contribution in [-0.2, 0) is 4.74 Å². The van der Waals surface area contributed by atoms with Gasteiger partial charge in [-0.2, -0.15) is 0 Å². The van der Waals surface area contributed by atoms with Gasteiger partial charge in [-0.25, -0.2) is 0 Å². The lowest BCUT2D eigenvalue weighted by molar-refractivity contribution is 0.300. The van der Waals surface area contributed by atoms with E-state index in [0.29, 0.717) is 0 Å². The molecule has 7 heavy (non-hydrogen) atoms. The first-order chi connectivity index (χ1) is 3.43. The first-order valence-corrected chi connectivity index (χ1v) is 2.24. The molecule has 2 heteroatoms. The number of rotatable bonds is 1. The predicted molar refractivity (Wildman–Crippen MR) is 27.4 cm³/mol. The van der Waals surface area contributed by atoms with Crippen molar-refractivity contribution in [1.82, 2.24) is 5.32 Å². The minimum atomic E-state index is 0.906. The average molecular weight is 98.1 g/mol. The van der Waals surface area contributed by atoms with Crippen LogP contribution in [0.25, 0.3) is 0 Å². The highest BCUT2D eigenvalue weighted by atomic mass is 16.5. The molecule has 0 atom stereocenters. The van der Waals surface area contributed by atoms with Crippen LogP contribution in [0.15, 0.2) is 11.8 Å². The number of hydrogen-bond acceptors (Lipinski definition) is 2. The van der Waals surface area contributed by atoms with Crippen LogP contribution in [0.1, 0.15) is 0 Å². The Bertz CT molecular complexity index is 88.1. The van der Waals surface area contributed by atoms with Gasteiger partial charge in [0.2, 0.25) is 0 Å². The highest BCUT2D eigenvalue weighted by Gasteiger charge is 2.00. The molecule has 0 saturated carbocycles. The largest absolute Gasteiger partial charge is 0.500 e. The molecule has 1 heterocycles.